The maximum Gasteiger partial charge on any atom is 0.272 e. The Balaban J connectivity index is 1.02. The molecule has 1 N–H and O–H groups in total. The number of ether oxygens (including phenoxy) is 1. The number of hydrogen-bond acceptors (Lipinski definition) is 6. The number of nitro benzene ring substituents is 1. The highest BCUT2D eigenvalue weighted by Crippen LogP contribution is 2.27. The van der Waals surface area contributed by atoms with E-state index in [0.29, 0.717) is 24.7 Å². The summed E-state index contributed by atoms with van der Waals surface area (Å²) in [6.45, 7) is 4.93. The predicted molar refractivity (Wildman–Crippen MR) is 154 cm³/mol. The van der Waals surface area contributed by atoms with Gasteiger partial charge < -0.3 is 19.9 Å². The van der Waals surface area contributed by atoms with Crippen LogP contribution in [-0.4, -0.2) is 60.7 Å². The quantitative estimate of drug-likeness (QED) is 0.300. The molecule has 39 heavy (non-hydrogen) atoms. The average Bonchev–Trinajstić information content (AvgIpc) is 2.97. The Labute approximate surface area is 229 Å². The molecule has 1 heterocycles. The zero-order valence-electron chi connectivity index (χ0n) is 22.4. The van der Waals surface area contributed by atoms with Gasteiger partial charge in [0.15, 0.2) is 0 Å². The second-order valence-electron chi connectivity index (χ2n) is 10.5. The fraction of sp³-hybridized carbons (Fsp3) is 0.387. The van der Waals surface area contributed by atoms with E-state index in [2.05, 4.69) is 58.7 Å². The van der Waals surface area contributed by atoms with Crippen LogP contribution in [-0.2, 0) is 9.53 Å². The van der Waals surface area contributed by atoms with Crippen molar-refractivity contribution in [2.45, 2.75) is 44.8 Å². The Bertz CT molecular complexity index is 1270. The first-order valence-corrected chi connectivity index (χ1v) is 13.8. The summed E-state index contributed by atoms with van der Waals surface area (Å²) >= 11 is 0. The number of piperazine rings is 1. The lowest BCUT2D eigenvalue weighted by Crippen LogP contribution is -2.50. The van der Waals surface area contributed by atoms with Crippen LogP contribution in [0.3, 0.4) is 0 Å². The van der Waals surface area contributed by atoms with Crippen molar-refractivity contribution in [3.8, 4) is 11.1 Å². The van der Waals surface area contributed by atoms with Crippen LogP contribution in [0.15, 0.2) is 72.8 Å². The molecular formula is C31H36N4O4. The number of benzene rings is 3. The highest BCUT2D eigenvalue weighted by atomic mass is 16.6. The SMILES string of the molecule is Cc1cc(NC2CCC(OCC(=O)N3CCN(c4ccc(-c5ccccc5)cc4)CC3)CC2)ccc1[N+](=O)[O-]. The summed E-state index contributed by atoms with van der Waals surface area (Å²) in [6.07, 6.45) is 3.76. The maximum atomic E-state index is 12.8. The van der Waals surface area contributed by atoms with Crippen molar-refractivity contribution in [1.82, 2.24) is 4.90 Å². The van der Waals surface area contributed by atoms with Crippen LogP contribution in [0.4, 0.5) is 17.1 Å². The zero-order chi connectivity index (χ0) is 27.2. The molecule has 8 heteroatoms. The van der Waals surface area contributed by atoms with Crippen molar-refractivity contribution in [3.63, 3.8) is 0 Å². The maximum absolute atomic E-state index is 12.8. The largest absolute Gasteiger partial charge is 0.382 e. The number of nitro groups is 1. The van der Waals surface area contributed by atoms with E-state index >= 15 is 0 Å². The van der Waals surface area contributed by atoms with Crippen molar-refractivity contribution in [1.29, 1.82) is 0 Å². The van der Waals surface area contributed by atoms with Gasteiger partial charge in [0.2, 0.25) is 5.91 Å². The molecule has 0 aromatic heterocycles. The molecule has 2 aliphatic rings. The Morgan fingerprint density at radius 2 is 1.59 bits per heavy atom. The molecule has 0 unspecified atom stereocenters. The fourth-order valence-corrected chi connectivity index (χ4v) is 5.55. The number of rotatable bonds is 8. The van der Waals surface area contributed by atoms with Crippen molar-refractivity contribution < 1.29 is 14.5 Å². The van der Waals surface area contributed by atoms with Gasteiger partial charge in [-0.25, -0.2) is 0 Å². The lowest BCUT2D eigenvalue weighted by molar-refractivity contribution is -0.385. The molecule has 8 nitrogen and oxygen atoms in total. The van der Waals surface area contributed by atoms with Crippen LogP contribution in [0, 0.1) is 17.0 Å². The second kappa shape index (κ2) is 12.3. The van der Waals surface area contributed by atoms with Gasteiger partial charge in [0, 0.05) is 55.2 Å². The minimum absolute atomic E-state index is 0.0654. The van der Waals surface area contributed by atoms with Gasteiger partial charge in [0.05, 0.1) is 11.0 Å². The molecular weight excluding hydrogens is 492 g/mol. The molecule has 3 aromatic rings. The number of aryl methyl sites for hydroxylation is 1. The van der Waals surface area contributed by atoms with E-state index in [1.165, 1.54) is 16.8 Å². The first kappa shape index (κ1) is 26.7. The van der Waals surface area contributed by atoms with E-state index in [1.54, 1.807) is 19.1 Å². The minimum atomic E-state index is -0.354. The summed E-state index contributed by atoms with van der Waals surface area (Å²) in [5, 5.41) is 14.5. The van der Waals surface area contributed by atoms with Crippen LogP contribution < -0.4 is 10.2 Å². The lowest BCUT2D eigenvalue weighted by Gasteiger charge is -2.36. The van der Waals surface area contributed by atoms with Gasteiger partial charge in [-0.1, -0.05) is 42.5 Å². The summed E-state index contributed by atoms with van der Waals surface area (Å²) in [7, 11) is 0. The first-order chi connectivity index (χ1) is 19.0. The highest BCUT2D eigenvalue weighted by Gasteiger charge is 2.25. The first-order valence-electron chi connectivity index (χ1n) is 13.8. The van der Waals surface area contributed by atoms with E-state index in [0.717, 1.165) is 44.5 Å². The minimum Gasteiger partial charge on any atom is -0.382 e. The molecule has 3 aromatic carbocycles. The summed E-state index contributed by atoms with van der Waals surface area (Å²) in [4.78, 5) is 27.8. The second-order valence-corrected chi connectivity index (χ2v) is 10.5. The number of hydrogen-bond donors (Lipinski definition) is 1. The van der Waals surface area contributed by atoms with Gasteiger partial charge in [-0.15, -0.1) is 0 Å². The van der Waals surface area contributed by atoms with Gasteiger partial charge in [0.25, 0.3) is 5.69 Å². The van der Waals surface area contributed by atoms with Gasteiger partial charge in [0.1, 0.15) is 6.61 Å². The Kier molecular flexibility index (Phi) is 8.42. The summed E-state index contributed by atoms with van der Waals surface area (Å²) in [6, 6.07) is 24.5. The molecule has 5 rings (SSSR count). The molecule has 0 radical (unpaired) electrons. The normalized spacial score (nSPS) is 19.5. The molecule has 1 saturated carbocycles. The predicted octanol–water partition coefficient (Wildman–Crippen LogP) is 5.66. The third-order valence-corrected chi connectivity index (χ3v) is 7.85. The Morgan fingerprint density at radius 3 is 2.23 bits per heavy atom. The molecule has 204 valence electrons. The molecule has 0 bridgehead atoms. The van der Waals surface area contributed by atoms with Crippen LogP contribution >= 0.6 is 0 Å². The standard InChI is InChI=1S/C31H36N4O4/c1-23-21-27(11-16-30(23)35(37)38)32-26-9-14-29(15-10-26)39-22-31(36)34-19-17-33(18-20-34)28-12-7-25(8-13-28)24-5-3-2-4-6-24/h2-8,11-13,16,21,26,29,32H,9-10,14-15,17-20,22H2,1H3. The van der Waals surface area contributed by atoms with Gasteiger partial charge >= 0.3 is 0 Å². The number of carbonyl (C=O) groups excluding carboxylic acids is 1. The smallest absolute Gasteiger partial charge is 0.272 e. The van der Waals surface area contributed by atoms with E-state index < -0.39 is 0 Å². The number of amides is 1. The molecule has 1 aliphatic carbocycles. The lowest BCUT2D eigenvalue weighted by atomic mass is 9.92. The Morgan fingerprint density at radius 1 is 0.923 bits per heavy atom. The molecule has 0 atom stereocenters. The van der Waals surface area contributed by atoms with E-state index in [-0.39, 0.29) is 29.2 Å². The van der Waals surface area contributed by atoms with Gasteiger partial charge in [-0.3, -0.25) is 14.9 Å². The van der Waals surface area contributed by atoms with Crippen molar-refractivity contribution in [2.24, 2.45) is 0 Å². The van der Waals surface area contributed by atoms with Crippen molar-refractivity contribution >= 4 is 23.0 Å². The third-order valence-electron chi connectivity index (χ3n) is 7.85. The third kappa shape index (κ3) is 6.75. The van der Waals surface area contributed by atoms with Crippen molar-refractivity contribution in [2.75, 3.05) is 43.0 Å². The monoisotopic (exact) mass is 528 g/mol. The van der Waals surface area contributed by atoms with E-state index in [9.17, 15) is 14.9 Å². The zero-order valence-corrected chi connectivity index (χ0v) is 22.4. The Hall–Kier alpha value is -3.91. The number of nitrogens with zero attached hydrogens (tertiary/aromatic N) is 3. The summed E-state index contributed by atoms with van der Waals surface area (Å²) in [5.41, 5.74) is 5.31. The van der Waals surface area contributed by atoms with Gasteiger partial charge in [-0.05, 0) is 68.0 Å². The number of carbonyl (C=O) groups is 1. The van der Waals surface area contributed by atoms with Crippen molar-refractivity contribution in [3.05, 3.63) is 88.5 Å². The van der Waals surface area contributed by atoms with Crippen LogP contribution in [0.25, 0.3) is 11.1 Å². The average molecular weight is 529 g/mol. The molecule has 1 aliphatic heterocycles. The van der Waals surface area contributed by atoms with Crippen LogP contribution in [0.2, 0.25) is 0 Å². The number of anilines is 2. The molecule has 1 saturated heterocycles. The van der Waals surface area contributed by atoms with E-state index in [4.69, 9.17) is 4.74 Å². The van der Waals surface area contributed by atoms with Gasteiger partial charge in [-0.2, -0.15) is 0 Å². The fourth-order valence-electron chi connectivity index (χ4n) is 5.55. The van der Waals surface area contributed by atoms with E-state index in [1.807, 2.05) is 17.0 Å². The number of nitrogens with one attached hydrogen (secondary N) is 1. The molecule has 0 spiro atoms. The summed E-state index contributed by atoms with van der Waals surface area (Å²) < 4.78 is 6.02. The molecule has 1 amide bonds. The topological polar surface area (TPSA) is 88.0 Å². The molecule has 2 fully saturated rings. The van der Waals surface area contributed by atoms with Crippen LogP contribution in [0.5, 0.6) is 0 Å². The summed E-state index contributed by atoms with van der Waals surface area (Å²) in [5.74, 6) is 0.0654. The highest BCUT2D eigenvalue weighted by molar-refractivity contribution is 5.78. The van der Waals surface area contributed by atoms with Crippen LogP contribution in [0.1, 0.15) is 31.2 Å².